The second-order valence-electron chi connectivity index (χ2n) is 0.945. The van der Waals surface area contributed by atoms with Gasteiger partial charge >= 0.3 is 0 Å². The van der Waals surface area contributed by atoms with E-state index in [-0.39, 0.29) is 5.50 Å². The molecule has 0 rings (SSSR count). The average Bonchev–Trinajstić information content (AvgIpc) is 1.65. The second kappa shape index (κ2) is 3.46. The maximum atomic E-state index is 5.32. The maximum Gasteiger partial charge on any atom is 0.102 e. The van der Waals surface area contributed by atoms with E-state index in [2.05, 4.69) is 5.32 Å². The summed E-state index contributed by atoms with van der Waals surface area (Å²) in [6.07, 6.45) is 1.96. The lowest BCUT2D eigenvalue weighted by Crippen LogP contribution is -2.30. The predicted molar refractivity (Wildman–Crippen MR) is 30.6 cm³/mol. The third-order valence-electron chi connectivity index (χ3n) is 0.538. The first-order valence-electron chi connectivity index (χ1n) is 1.77. The first kappa shape index (κ1) is 6.27. The highest BCUT2D eigenvalue weighted by Crippen LogP contribution is 1.90. The Morgan fingerprint density at radius 2 is 2.33 bits per heavy atom. The highest BCUT2D eigenvalue weighted by atomic mass is 32.2. The standard InChI is InChI=1S/C3H10N2S/c1-5-3(4)6-2/h3,5H,4H2,1-2H3. The highest BCUT2D eigenvalue weighted by molar-refractivity contribution is 7.99. The molecule has 3 N–H and O–H groups in total. The first-order valence-corrected chi connectivity index (χ1v) is 3.05. The van der Waals surface area contributed by atoms with E-state index in [0.717, 1.165) is 0 Å². The summed E-state index contributed by atoms with van der Waals surface area (Å²) >= 11 is 1.59. The van der Waals surface area contributed by atoms with Gasteiger partial charge in [-0.1, -0.05) is 0 Å². The zero-order chi connectivity index (χ0) is 4.99. The summed E-state index contributed by atoms with van der Waals surface area (Å²) in [7, 11) is 1.83. The molecule has 0 amide bonds. The molecular weight excluding hydrogens is 96.1 g/mol. The van der Waals surface area contributed by atoms with Crippen molar-refractivity contribution in [1.29, 1.82) is 0 Å². The Bertz CT molecular complexity index is 28.0. The number of nitrogens with two attached hydrogens (primary N) is 1. The van der Waals surface area contributed by atoms with E-state index in [1.54, 1.807) is 11.8 Å². The third-order valence-corrected chi connectivity index (χ3v) is 1.28. The van der Waals surface area contributed by atoms with Gasteiger partial charge in [0.2, 0.25) is 0 Å². The van der Waals surface area contributed by atoms with Crippen molar-refractivity contribution in [1.82, 2.24) is 5.32 Å². The van der Waals surface area contributed by atoms with Crippen LogP contribution in [-0.4, -0.2) is 18.8 Å². The van der Waals surface area contributed by atoms with Gasteiger partial charge in [0.1, 0.15) is 5.50 Å². The Morgan fingerprint density at radius 3 is 2.33 bits per heavy atom. The molecule has 3 heteroatoms. The van der Waals surface area contributed by atoms with Gasteiger partial charge in [0.25, 0.3) is 0 Å². The van der Waals surface area contributed by atoms with Gasteiger partial charge < -0.3 is 5.73 Å². The summed E-state index contributed by atoms with van der Waals surface area (Å²) in [5.74, 6) is 0. The summed E-state index contributed by atoms with van der Waals surface area (Å²) in [5.41, 5.74) is 5.43. The monoisotopic (exact) mass is 106 g/mol. The van der Waals surface area contributed by atoms with Crippen molar-refractivity contribution in [2.24, 2.45) is 5.73 Å². The van der Waals surface area contributed by atoms with Crippen molar-refractivity contribution in [3.63, 3.8) is 0 Å². The highest BCUT2D eigenvalue weighted by Gasteiger charge is 1.86. The largest absolute Gasteiger partial charge is 0.307 e. The van der Waals surface area contributed by atoms with Crippen LogP contribution in [-0.2, 0) is 0 Å². The number of hydrogen-bond acceptors (Lipinski definition) is 3. The lowest BCUT2D eigenvalue weighted by Gasteiger charge is -2.02. The molecule has 0 aliphatic rings. The molecule has 1 unspecified atom stereocenters. The van der Waals surface area contributed by atoms with Crippen LogP contribution in [0.15, 0.2) is 0 Å². The van der Waals surface area contributed by atoms with Crippen molar-refractivity contribution in [2.45, 2.75) is 5.50 Å². The summed E-state index contributed by atoms with van der Waals surface area (Å²) in [4.78, 5) is 0. The van der Waals surface area contributed by atoms with Crippen molar-refractivity contribution >= 4 is 11.8 Å². The van der Waals surface area contributed by atoms with Crippen LogP contribution < -0.4 is 11.1 Å². The van der Waals surface area contributed by atoms with Crippen molar-refractivity contribution < 1.29 is 0 Å². The van der Waals surface area contributed by atoms with E-state index in [1.165, 1.54) is 0 Å². The van der Waals surface area contributed by atoms with Gasteiger partial charge in [0, 0.05) is 0 Å². The molecule has 0 aliphatic heterocycles. The molecule has 0 radical (unpaired) electrons. The van der Waals surface area contributed by atoms with E-state index in [9.17, 15) is 0 Å². The first-order chi connectivity index (χ1) is 2.81. The van der Waals surface area contributed by atoms with Crippen LogP contribution in [0.3, 0.4) is 0 Å². The molecule has 0 fully saturated rings. The average molecular weight is 106 g/mol. The van der Waals surface area contributed by atoms with Crippen LogP contribution in [0.5, 0.6) is 0 Å². The van der Waals surface area contributed by atoms with Crippen LogP contribution in [0.1, 0.15) is 0 Å². The van der Waals surface area contributed by atoms with E-state index in [1.807, 2.05) is 13.3 Å². The molecule has 1 atom stereocenters. The minimum Gasteiger partial charge on any atom is -0.307 e. The van der Waals surface area contributed by atoms with Gasteiger partial charge in [-0.25, -0.2) is 0 Å². The molecule has 2 nitrogen and oxygen atoms in total. The fourth-order valence-electron chi connectivity index (χ4n) is 0.118. The minimum absolute atomic E-state index is 0.102. The van der Waals surface area contributed by atoms with Gasteiger partial charge in [-0.3, -0.25) is 5.32 Å². The van der Waals surface area contributed by atoms with Gasteiger partial charge in [0.05, 0.1) is 0 Å². The molecule has 0 aliphatic carbocycles. The zero-order valence-corrected chi connectivity index (χ0v) is 4.88. The molecule has 0 saturated heterocycles. The predicted octanol–water partition coefficient (Wildman–Crippen LogP) is -0.189. The summed E-state index contributed by atoms with van der Waals surface area (Å²) < 4.78 is 0. The van der Waals surface area contributed by atoms with Crippen molar-refractivity contribution in [2.75, 3.05) is 13.3 Å². The molecule has 0 aromatic heterocycles. The van der Waals surface area contributed by atoms with Crippen molar-refractivity contribution in [3.05, 3.63) is 0 Å². The summed E-state index contributed by atoms with van der Waals surface area (Å²) in [6, 6.07) is 0. The Labute approximate surface area is 42.5 Å². The van der Waals surface area contributed by atoms with Gasteiger partial charge in [-0.2, -0.15) is 0 Å². The van der Waals surface area contributed by atoms with E-state index in [4.69, 9.17) is 5.73 Å². The number of thioether (sulfide) groups is 1. The summed E-state index contributed by atoms with van der Waals surface area (Å²) in [5, 5.41) is 2.86. The molecule has 0 aromatic rings. The van der Waals surface area contributed by atoms with Crippen LogP contribution in [0, 0.1) is 0 Å². The zero-order valence-electron chi connectivity index (χ0n) is 4.06. The summed E-state index contributed by atoms with van der Waals surface area (Å²) in [6.45, 7) is 0. The fraction of sp³-hybridized carbons (Fsp3) is 1.00. The van der Waals surface area contributed by atoms with Crippen molar-refractivity contribution in [3.8, 4) is 0 Å². The Kier molecular flexibility index (Phi) is 3.62. The Morgan fingerprint density at radius 1 is 1.83 bits per heavy atom. The lowest BCUT2D eigenvalue weighted by molar-refractivity contribution is 0.777. The van der Waals surface area contributed by atoms with Gasteiger partial charge in [-0.05, 0) is 13.3 Å². The molecule has 38 valence electrons. The number of nitrogens with one attached hydrogen (secondary N) is 1. The molecular formula is C3H10N2S. The van der Waals surface area contributed by atoms with Crippen LogP contribution in [0.4, 0.5) is 0 Å². The quantitative estimate of drug-likeness (QED) is 0.479. The Balaban J connectivity index is 2.75. The smallest absolute Gasteiger partial charge is 0.102 e. The second-order valence-corrected chi connectivity index (χ2v) is 1.92. The SMILES string of the molecule is CNC(N)SC. The van der Waals surface area contributed by atoms with Gasteiger partial charge in [0.15, 0.2) is 0 Å². The van der Waals surface area contributed by atoms with E-state index in [0.29, 0.717) is 0 Å². The van der Waals surface area contributed by atoms with Crippen LogP contribution in [0.25, 0.3) is 0 Å². The van der Waals surface area contributed by atoms with E-state index >= 15 is 0 Å². The molecule has 0 bridgehead atoms. The van der Waals surface area contributed by atoms with Gasteiger partial charge in [-0.15, -0.1) is 11.8 Å². The third kappa shape index (κ3) is 2.50. The Hall–Kier alpha value is 0.270. The van der Waals surface area contributed by atoms with Crippen LogP contribution in [0.2, 0.25) is 0 Å². The molecule has 0 aromatic carbocycles. The number of rotatable bonds is 2. The number of hydrogen-bond donors (Lipinski definition) is 2. The molecule has 0 spiro atoms. The maximum absolute atomic E-state index is 5.32. The molecule has 0 saturated carbocycles. The minimum atomic E-state index is 0.102. The molecule has 0 heterocycles. The van der Waals surface area contributed by atoms with E-state index < -0.39 is 0 Å². The fourth-order valence-corrected chi connectivity index (χ4v) is 0.354. The topological polar surface area (TPSA) is 38.0 Å². The van der Waals surface area contributed by atoms with Crippen LogP contribution >= 0.6 is 11.8 Å². The normalized spacial score (nSPS) is 14.5. The molecule has 6 heavy (non-hydrogen) atoms. The lowest BCUT2D eigenvalue weighted by atomic mass is 11.1.